The molecular formula is C13H16FNO. The number of benzene rings is 1. The number of halogens is 1. The Kier molecular flexibility index (Phi) is 3.34. The van der Waals surface area contributed by atoms with Crippen LogP contribution in [-0.2, 0) is 4.79 Å². The van der Waals surface area contributed by atoms with E-state index in [0.29, 0.717) is 18.3 Å². The van der Waals surface area contributed by atoms with Gasteiger partial charge in [-0.05, 0) is 30.7 Å². The smallest absolute Gasteiger partial charge is 0.123 e. The summed E-state index contributed by atoms with van der Waals surface area (Å²) in [5, 5.41) is 0. The third-order valence-corrected chi connectivity index (χ3v) is 3.32. The fourth-order valence-corrected chi connectivity index (χ4v) is 2.54. The molecule has 1 fully saturated rings. The predicted molar refractivity (Wildman–Crippen MR) is 60.8 cm³/mol. The molecule has 2 nitrogen and oxygen atoms in total. The lowest BCUT2D eigenvalue weighted by atomic mass is 9.87. The second-order valence-corrected chi connectivity index (χ2v) is 4.54. The Morgan fingerprint density at radius 3 is 2.69 bits per heavy atom. The second kappa shape index (κ2) is 4.74. The molecule has 1 aromatic carbocycles. The highest BCUT2D eigenvalue weighted by Crippen LogP contribution is 2.33. The summed E-state index contributed by atoms with van der Waals surface area (Å²) in [6, 6.07) is 6.64. The second-order valence-electron chi connectivity index (χ2n) is 4.54. The highest BCUT2D eigenvalue weighted by molar-refractivity contribution is 5.50. The van der Waals surface area contributed by atoms with Gasteiger partial charge in [-0.2, -0.15) is 0 Å². The van der Waals surface area contributed by atoms with E-state index in [2.05, 4.69) is 11.9 Å². The van der Waals surface area contributed by atoms with Crippen molar-refractivity contribution in [1.82, 2.24) is 4.90 Å². The van der Waals surface area contributed by atoms with Gasteiger partial charge in [-0.15, -0.1) is 0 Å². The molecule has 0 unspecified atom stereocenters. The Balaban J connectivity index is 2.18. The summed E-state index contributed by atoms with van der Waals surface area (Å²) in [5.41, 5.74) is 1.14. The van der Waals surface area contributed by atoms with Crippen molar-refractivity contribution < 1.29 is 9.18 Å². The van der Waals surface area contributed by atoms with Crippen molar-refractivity contribution in [2.75, 3.05) is 20.1 Å². The Bertz CT molecular complexity index is 363. The van der Waals surface area contributed by atoms with Crippen molar-refractivity contribution in [2.45, 2.75) is 12.3 Å². The highest BCUT2D eigenvalue weighted by Gasteiger charge is 2.31. The van der Waals surface area contributed by atoms with Gasteiger partial charge in [0.1, 0.15) is 12.1 Å². The molecule has 1 heterocycles. The van der Waals surface area contributed by atoms with Crippen molar-refractivity contribution >= 4 is 6.29 Å². The van der Waals surface area contributed by atoms with E-state index in [1.54, 1.807) is 0 Å². The molecule has 16 heavy (non-hydrogen) atoms. The van der Waals surface area contributed by atoms with Gasteiger partial charge in [-0.25, -0.2) is 4.39 Å². The van der Waals surface area contributed by atoms with Crippen LogP contribution in [0.15, 0.2) is 24.3 Å². The third kappa shape index (κ3) is 2.30. The van der Waals surface area contributed by atoms with Gasteiger partial charge in [-0.1, -0.05) is 12.1 Å². The summed E-state index contributed by atoms with van der Waals surface area (Å²) >= 11 is 0. The molecule has 3 heteroatoms. The van der Waals surface area contributed by atoms with Gasteiger partial charge in [0.05, 0.1) is 0 Å². The fourth-order valence-electron chi connectivity index (χ4n) is 2.54. The number of carbonyl (C=O) groups excluding carboxylic acids is 1. The predicted octanol–water partition coefficient (Wildman–Crippen LogP) is 2.06. The van der Waals surface area contributed by atoms with Gasteiger partial charge in [0.2, 0.25) is 0 Å². The summed E-state index contributed by atoms with van der Waals surface area (Å²) in [5.74, 6) is 0.519. The van der Waals surface area contributed by atoms with E-state index < -0.39 is 0 Å². The van der Waals surface area contributed by atoms with Crippen LogP contribution in [0.4, 0.5) is 4.39 Å². The number of hydrogen-bond acceptors (Lipinski definition) is 2. The van der Waals surface area contributed by atoms with Crippen molar-refractivity contribution in [3.63, 3.8) is 0 Å². The lowest BCUT2D eigenvalue weighted by Crippen LogP contribution is -2.13. The Labute approximate surface area is 95.1 Å². The Morgan fingerprint density at radius 2 is 2.06 bits per heavy atom. The molecule has 0 saturated carbocycles. The van der Waals surface area contributed by atoms with Gasteiger partial charge in [-0.3, -0.25) is 0 Å². The van der Waals surface area contributed by atoms with Crippen LogP contribution in [0, 0.1) is 11.7 Å². The quantitative estimate of drug-likeness (QED) is 0.728. The van der Waals surface area contributed by atoms with Crippen LogP contribution < -0.4 is 0 Å². The standard InChI is InChI=1S/C13H16FNO/c1-15-8-11(6-7-16)13(9-15)10-2-4-12(14)5-3-10/h2-5,7,11,13H,6,8-9H2,1H3/t11-,13-/m1/s1. The molecule has 0 aromatic heterocycles. The molecule has 0 bridgehead atoms. The van der Waals surface area contributed by atoms with Crippen LogP contribution in [0.5, 0.6) is 0 Å². The minimum Gasteiger partial charge on any atom is -0.305 e. The molecule has 0 N–H and O–H groups in total. The zero-order valence-corrected chi connectivity index (χ0v) is 9.40. The minimum atomic E-state index is -0.206. The average molecular weight is 221 g/mol. The third-order valence-electron chi connectivity index (χ3n) is 3.32. The van der Waals surface area contributed by atoms with Crippen LogP contribution >= 0.6 is 0 Å². The molecule has 0 amide bonds. The first kappa shape index (κ1) is 11.3. The van der Waals surface area contributed by atoms with Gasteiger partial charge >= 0.3 is 0 Å². The van der Waals surface area contributed by atoms with Crippen molar-refractivity contribution in [3.05, 3.63) is 35.6 Å². The van der Waals surface area contributed by atoms with Gasteiger partial charge in [0, 0.05) is 25.4 Å². The summed E-state index contributed by atoms with van der Waals surface area (Å²) in [7, 11) is 2.06. The number of likely N-dealkylation sites (N-methyl/N-ethyl adjacent to an activating group) is 1. The Morgan fingerprint density at radius 1 is 1.38 bits per heavy atom. The van der Waals surface area contributed by atoms with E-state index in [1.165, 1.54) is 12.1 Å². The lowest BCUT2D eigenvalue weighted by Gasteiger charge is -2.16. The summed E-state index contributed by atoms with van der Waals surface area (Å²) in [6.45, 7) is 1.89. The first-order valence-electron chi connectivity index (χ1n) is 5.58. The number of aldehydes is 1. The fraction of sp³-hybridized carbons (Fsp3) is 0.462. The first-order chi connectivity index (χ1) is 7.70. The molecule has 1 aliphatic rings. The number of likely N-dealkylation sites (tertiary alicyclic amines) is 1. The molecule has 1 aromatic rings. The van der Waals surface area contributed by atoms with Crippen LogP contribution in [0.25, 0.3) is 0 Å². The zero-order valence-electron chi connectivity index (χ0n) is 9.40. The Hall–Kier alpha value is -1.22. The molecular weight excluding hydrogens is 205 g/mol. The van der Waals surface area contributed by atoms with Crippen molar-refractivity contribution in [1.29, 1.82) is 0 Å². The normalized spacial score (nSPS) is 25.9. The lowest BCUT2D eigenvalue weighted by molar-refractivity contribution is -0.108. The maximum absolute atomic E-state index is 12.8. The van der Waals surface area contributed by atoms with Gasteiger partial charge in [0.15, 0.2) is 0 Å². The number of carbonyl (C=O) groups is 1. The van der Waals surface area contributed by atoms with Crippen LogP contribution in [0.2, 0.25) is 0 Å². The van der Waals surface area contributed by atoms with Gasteiger partial charge < -0.3 is 9.69 Å². The highest BCUT2D eigenvalue weighted by atomic mass is 19.1. The van der Waals surface area contributed by atoms with Crippen LogP contribution in [0.3, 0.4) is 0 Å². The topological polar surface area (TPSA) is 20.3 Å². The summed E-state index contributed by atoms with van der Waals surface area (Å²) < 4.78 is 12.8. The molecule has 2 rings (SSSR count). The maximum atomic E-state index is 12.8. The molecule has 0 spiro atoms. The number of rotatable bonds is 3. The van der Waals surface area contributed by atoms with E-state index in [1.807, 2.05) is 12.1 Å². The summed E-state index contributed by atoms with van der Waals surface area (Å²) in [6.07, 6.45) is 1.58. The molecule has 1 saturated heterocycles. The SMILES string of the molecule is CN1C[C@@H](CC=O)[C@@H](c2ccc(F)cc2)C1. The molecule has 86 valence electrons. The van der Waals surface area contributed by atoms with Crippen molar-refractivity contribution in [2.24, 2.45) is 5.92 Å². The minimum absolute atomic E-state index is 0.206. The largest absolute Gasteiger partial charge is 0.305 e. The molecule has 1 aliphatic heterocycles. The first-order valence-corrected chi connectivity index (χ1v) is 5.58. The van der Waals surface area contributed by atoms with E-state index in [-0.39, 0.29) is 5.82 Å². The van der Waals surface area contributed by atoms with E-state index in [4.69, 9.17) is 0 Å². The van der Waals surface area contributed by atoms with E-state index in [9.17, 15) is 9.18 Å². The van der Waals surface area contributed by atoms with Gasteiger partial charge in [0.25, 0.3) is 0 Å². The number of hydrogen-bond donors (Lipinski definition) is 0. The van der Waals surface area contributed by atoms with Crippen molar-refractivity contribution in [3.8, 4) is 0 Å². The average Bonchev–Trinajstić information content (AvgIpc) is 2.61. The summed E-state index contributed by atoms with van der Waals surface area (Å²) in [4.78, 5) is 12.8. The maximum Gasteiger partial charge on any atom is 0.123 e. The molecule has 0 radical (unpaired) electrons. The van der Waals surface area contributed by atoms with Crippen LogP contribution in [0.1, 0.15) is 17.9 Å². The van der Waals surface area contributed by atoms with Crippen LogP contribution in [-0.4, -0.2) is 31.3 Å². The molecule has 2 atom stereocenters. The van der Waals surface area contributed by atoms with E-state index in [0.717, 1.165) is 24.9 Å². The van der Waals surface area contributed by atoms with E-state index >= 15 is 0 Å². The number of nitrogens with zero attached hydrogens (tertiary/aromatic N) is 1. The monoisotopic (exact) mass is 221 g/mol. The molecule has 0 aliphatic carbocycles. The zero-order chi connectivity index (χ0) is 11.5.